The van der Waals surface area contributed by atoms with Crippen molar-refractivity contribution in [2.45, 2.75) is 23.3 Å². The quantitative estimate of drug-likeness (QED) is 0.609. The summed E-state index contributed by atoms with van der Waals surface area (Å²) in [7, 11) is -2.36. The molecule has 1 amide bonds. The van der Waals surface area contributed by atoms with Crippen molar-refractivity contribution in [3.8, 4) is 0 Å². The van der Waals surface area contributed by atoms with Crippen LogP contribution in [0.4, 0.5) is 4.39 Å². The summed E-state index contributed by atoms with van der Waals surface area (Å²) >= 11 is 0. The van der Waals surface area contributed by atoms with Crippen LogP contribution in [-0.4, -0.2) is 73.5 Å². The summed E-state index contributed by atoms with van der Waals surface area (Å²) in [6, 6.07) is 9.95. The predicted octanol–water partition coefficient (Wildman–Crippen LogP) is 1.37. The van der Waals surface area contributed by atoms with Crippen LogP contribution in [0.15, 0.2) is 53.6 Å². The number of nitrogens with zero attached hydrogens (tertiary/aromatic N) is 3. The number of likely N-dealkylation sites (tertiary alicyclic amines) is 1. The number of pyridine rings is 1. The van der Waals surface area contributed by atoms with Crippen molar-refractivity contribution < 1.29 is 27.4 Å². The molecule has 2 aromatic rings. The predicted molar refractivity (Wildman–Crippen MR) is 111 cm³/mol. The van der Waals surface area contributed by atoms with Gasteiger partial charge in [0.05, 0.1) is 17.2 Å². The molecule has 2 heterocycles. The normalized spacial score (nSPS) is 16.5. The molecule has 0 saturated carbocycles. The Hall–Kier alpha value is -2.40. The number of aliphatic hydroxyl groups is 1. The van der Waals surface area contributed by atoms with E-state index in [1.807, 2.05) is 6.07 Å². The number of aromatic nitrogens is 1. The molecular weight excluding hydrogens is 425 g/mol. The second-order valence-corrected chi connectivity index (χ2v) is 9.51. The highest BCUT2D eigenvalue weighted by Gasteiger charge is 2.36. The van der Waals surface area contributed by atoms with Crippen molar-refractivity contribution in [3.05, 3.63) is 60.2 Å². The number of halogens is 1. The van der Waals surface area contributed by atoms with E-state index >= 15 is 0 Å². The van der Waals surface area contributed by atoms with E-state index in [1.54, 1.807) is 23.2 Å². The Kier molecular flexibility index (Phi) is 7.37. The van der Waals surface area contributed by atoms with Crippen LogP contribution >= 0.6 is 0 Å². The van der Waals surface area contributed by atoms with E-state index in [-0.39, 0.29) is 30.6 Å². The Morgan fingerprint density at radius 1 is 1.23 bits per heavy atom. The van der Waals surface area contributed by atoms with Gasteiger partial charge in [-0.3, -0.25) is 9.78 Å². The number of hydrogen-bond acceptors (Lipinski definition) is 6. The van der Waals surface area contributed by atoms with Crippen molar-refractivity contribution in [3.63, 3.8) is 0 Å². The van der Waals surface area contributed by atoms with Gasteiger partial charge in [0.25, 0.3) is 0 Å². The second-order valence-electron chi connectivity index (χ2n) is 7.46. The molecule has 1 saturated heterocycles. The van der Waals surface area contributed by atoms with Gasteiger partial charge < -0.3 is 14.7 Å². The van der Waals surface area contributed by atoms with Gasteiger partial charge >= 0.3 is 0 Å². The standard InChI is InChI=1S/C21H26FN3O5S/c1-24(31(28,29)18-7-5-17(22)6-8-18)14-15-30-16-20(26)25-12-9-21(27,10-13-25)19-4-2-3-11-23-19/h2-8,11,27H,9-10,12-16H2,1H3. The molecular formula is C21H26FN3O5S. The van der Waals surface area contributed by atoms with Crippen molar-refractivity contribution in [1.29, 1.82) is 0 Å². The molecule has 1 aliphatic heterocycles. The van der Waals surface area contributed by atoms with Gasteiger partial charge in [0.1, 0.15) is 18.0 Å². The molecule has 1 aliphatic rings. The van der Waals surface area contributed by atoms with Crippen molar-refractivity contribution in [2.75, 3.05) is 39.9 Å². The van der Waals surface area contributed by atoms with Crippen molar-refractivity contribution >= 4 is 15.9 Å². The maximum atomic E-state index is 13.0. The molecule has 3 rings (SSSR count). The zero-order valence-corrected chi connectivity index (χ0v) is 18.1. The third-order valence-corrected chi connectivity index (χ3v) is 7.25. The Bertz CT molecular complexity index is 978. The Morgan fingerprint density at radius 3 is 2.52 bits per heavy atom. The molecule has 1 aromatic heterocycles. The molecule has 8 nitrogen and oxygen atoms in total. The van der Waals surface area contributed by atoms with E-state index in [4.69, 9.17) is 4.74 Å². The van der Waals surface area contributed by atoms with Crippen LogP contribution in [-0.2, 0) is 25.2 Å². The second kappa shape index (κ2) is 9.82. The fourth-order valence-electron chi connectivity index (χ4n) is 3.37. The lowest BCUT2D eigenvalue weighted by molar-refractivity contribution is -0.140. The third-order valence-electron chi connectivity index (χ3n) is 5.38. The summed E-state index contributed by atoms with van der Waals surface area (Å²) in [5.41, 5.74) is -0.445. The van der Waals surface area contributed by atoms with Crippen LogP contribution in [0.3, 0.4) is 0 Å². The van der Waals surface area contributed by atoms with E-state index in [9.17, 15) is 22.7 Å². The molecule has 0 aliphatic carbocycles. The lowest BCUT2D eigenvalue weighted by atomic mass is 9.88. The summed E-state index contributed by atoms with van der Waals surface area (Å²) in [4.78, 5) is 18.2. The number of hydrogen-bond donors (Lipinski definition) is 1. The molecule has 0 spiro atoms. The van der Waals surface area contributed by atoms with Gasteiger partial charge in [0.15, 0.2) is 0 Å². The average Bonchev–Trinajstić information content (AvgIpc) is 2.77. The van der Waals surface area contributed by atoms with Crippen LogP contribution < -0.4 is 0 Å². The third kappa shape index (κ3) is 5.65. The Labute approximate surface area is 181 Å². The lowest BCUT2D eigenvalue weighted by Crippen LogP contribution is -2.46. The highest BCUT2D eigenvalue weighted by Crippen LogP contribution is 2.31. The fraction of sp³-hybridized carbons (Fsp3) is 0.429. The Balaban J connectivity index is 1.42. The first-order valence-electron chi connectivity index (χ1n) is 9.94. The number of carbonyl (C=O) groups is 1. The van der Waals surface area contributed by atoms with Crippen molar-refractivity contribution in [1.82, 2.24) is 14.2 Å². The summed E-state index contributed by atoms with van der Waals surface area (Å²) in [6.45, 7) is 0.676. The Morgan fingerprint density at radius 2 is 1.90 bits per heavy atom. The maximum absolute atomic E-state index is 13.0. The molecule has 0 bridgehead atoms. The van der Waals surface area contributed by atoms with Crippen LogP contribution in [0.25, 0.3) is 0 Å². The fourth-order valence-corrected chi connectivity index (χ4v) is 4.53. The smallest absolute Gasteiger partial charge is 0.248 e. The number of ether oxygens (including phenoxy) is 1. The average molecular weight is 452 g/mol. The van der Waals surface area contributed by atoms with Crippen LogP contribution in [0, 0.1) is 5.82 Å². The number of sulfonamides is 1. The number of likely N-dealkylation sites (N-methyl/N-ethyl adjacent to an activating group) is 1. The van der Waals surface area contributed by atoms with Crippen LogP contribution in [0.5, 0.6) is 0 Å². The van der Waals surface area contributed by atoms with E-state index in [0.717, 1.165) is 16.4 Å². The van der Waals surface area contributed by atoms with Gasteiger partial charge in [-0.2, -0.15) is 4.31 Å². The molecule has 168 valence electrons. The van der Waals surface area contributed by atoms with E-state index in [2.05, 4.69) is 4.98 Å². The summed E-state index contributed by atoms with van der Waals surface area (Å²) in [6.07, 6.45) is 2.40. The van der Waals surface area contributed by atoms with Gasteiger partial charge in [-0.05, 0) is 49.2 Å². The summed E-state index contributed by atoms with van der Waals surface area (Å²) < 4.78 is 44.4. The molecule has 0 unspecified atom stereocenters. The van der Waals surface area contributed by atoms with Gasteiger partial charge in [-0.1, -0.05) is 6.07 Å². The molecule has 1 aromatic carbocycles. The van der Waals surface area contributed by atoms with Gasteiger partial charge in [-0.25, -0.2) is 12.8 Å². The van der Waals surface area contributed by atoms with E-state index in [0.29, 0.717) is 31.6 Å². The highest BCUT2D eigenvalue weighted by molar-refractivity contribution is 7.89. The van der Waals surface area contributed by atoms with Gasteiger partial charge in [0, 0.05) is 32.9 Å². The number of rotatable bonds is 8. The first-order chi connectivity index (χ1) is 14.7. The number of amides is 1. The number of benzene rings is 1. The number of piperidine rings is 1. The van der Waals surface area contributed by atoms with E-state index < -0.39 is 21.4 Å². The minimum absolute atomic E-state index is 0.0128. The van der Waals surface area contributed by atoms with Crippen molar-refractivity contribution in [2.24, 2.45) is 0 Å². The summed E-state index contributed by atoms with van der Waals surface area (Å²) in [5.74, 6) is -0.730. The topological polar surface area (TPSA) is 100 Å². The monoisotopic (exact) mass is 451 g/mol. The molecule has 31 heavy (non-hydrogen) atoms. The first kappa shape index (κ1) is 23.3. The molecule has 1 fully saturated rings. The zero-order chi connectivity index (χ0) is 22.5. The minimum Gasteiger partial charge on any atom is -0.383 e. The van der Waals surface area contributed by atoms with E-state index in [1.165, 1.54) is 19.2 Å². The SMILES string of the molecule is CN(CCOCC(=O)N1CCC(O)(c2ccccn2)CC1)S(=O)(=O)c1ccc(F)cc1. The molecule has 1 N–H and O–H groups in total. The molecule has 0 atom stereocenters. The minimum atomic E-state index is -3.76. The lowest BCUT2D eigenvalue weighted by Gasteiger charge is -2.37. The van der Waals surface area contributed by atoms with Gasteiger partial charge in [-0.15, -0.1) is 0 Å². The molecule has 10 heteroatoms. The highest BCUT2D eigenvalue weighted by atomic mass is 32.2. The summed E-state index contributed by atoms with van der Waals surface area (Å²) in [5, 5.41) is 10.8. The maximum Gasteiger partial charge on any atom is 0.248 e. The van der Waals surface area contributed by atoms with Gasteiger partial charge in [0.2, 0.25) is 15.9 Å². The zero-order valence-electron chi connectivity index (χ0n) is 17.3. The molecule has 0 radical (unpaired) electrons. The largest absolute Gasteiger partial charge is 0.383 e. The van der Waals surface area contributed by atoms with Crippen LogP contribution in [0.2, 0.25) is 0 Å². The van der Waals surface area contributed by atoms with Crippen LogP contribution in [0.1, 0.15) is 18.5 Å². The first-order valence-corrected chi connectivity index (χ1v) is 11.4. The number of carbonyl (C=O) groups excluding carboxylic acids is 1.